The first-order valence-corrected chi connectivity index (χ1v) is 20.0. The van der Waals surface area contributed by atoms with Crippen LogP contribution in [0.1, 0.15) is 0 Å². The molecule has 0 aliphatic rings. The lowest BCUT2D eigenvalue weighted by molar-refractivity contribution is 0.669. The van der Waals surface area contributed by atoms with E-state index in [1.54, 1.807) is 0 Å². The zero-order chi connectivity index (χ0) is 38.6. The largest absolute Gasteiger partial charge is 0.456 e. The van der Waals surface area contributed by atoms with Crippen LogP contribution in [0.2, 0.25) is 0 Å². The minimum Gasteiger partial charge on any atom is -0.456 e. The van der Waals surface area contributed by atoms with Crippen LogP contribution in [-0.4, -0.2) is 19.1 Å². The number of furan rings is 1. The van der Waals surface area contributed by atoms with Crippen molar-refractivity contribution < 1.29 is 4.42 Å². The standard InChI is InChI=1S/C54H32N4O/c1-2-14-34(15-3-1)52-38-18-6-9-21-42(38)55-54(56-52)35-25-27-36(28-26-35)57-44-22-10-7-19-39(44)50-46(57)30-29-41-49-45(31-32-48-51(49)40-20-8-11-24-47(40)59-48)58(53(41)50)43-23-12-16-33-13-4-5-17-37(33)43/h1-32H. The molecule has 0 amide bonds. The Balaban J connectivity index is 1.09. The van der Waals surface area contributed by atoms with Gasteiger partial charge in [0.1, 0.15) is 11.2 Å². The third-order valence-corrected chi connectivity index (χ3v) is 12.1. The van der Waals surface area contributed by atoms with E-state index in [-0.39, 0.29) is 0 Å². The van der Waals surface area contributed by atoms with Crippen molar-refractivity contribution in [2.24, 2.45) is 0 Å². The van der Waals surface area contributed by atoms with Gasteiger partial charge in [0.25, 0.3) is 0 Å². The van der Waals surface area contributed by atoms with Gasteiger partial charge in [-0.05, 0) is 72.1 Å². The van der Waals surface area contributed by atoms with Crippen LogP contribution < -0.4 is 0 Å². The third kappa shape index (κ3) is 4.61. The molecule has 0 saturated heterocycles. The molecule has 0 aliphatic heterocycles. The average molecular weight is 753 g/mol. The molecule has 5 heteroatoms. The normalized spacial score (nSPS) is 12.1. The summed E-state index contributed by atoms with van der Waals surface area (Å²) >= 11 is 0. The second kappa shape index (κ2) is 12.2. The van der Waals surface area contributed by atoms with Gasteiger partial charge in [-0.15, -0.1) is 0 Å². The molecular weight excluding hydrogens is 721 g/mol. The Labute approximate surface area is 337 Å². The number of fused-ring (bicyclic) bond motifs is 13. The summed E-state index contributed by atoms with van der Waals surface area (Å²) in [6.07, 6.45) is 0. The molecule has 9 aromatic carbocycles. The highest BCUT2D eigenvalue weighted by atomic mass is 16.3. The highest BCUT2D eigenvalue weighted by Gasteiger charge is 2.24. The number of nitrogens with zero attached hydrogens (tertiary/aromatic N) is 4. The predicted molar refractivity (Wildman–Crippen MR) is 244 cm³/mol. The molecule has 4 heterocycles. The molecule has 0 saturated carbocycles. The van der Waals surface area contributed by atoms with Crippen molar-refractivity contribution in [3.05, 3.63) is 194 Å². The summed E-state index contributed by atoms with van der Waals surface area (Å²) in [6.45, 7) is 0. The summed E-state index contributed by atoms with van der Waals surface area (Å²) in [7, 11) is 0. The lowest BCUT2D eigenvalue weighted by Gasteiger charge is -2.13. The van der Waals surface area contributed by atoms with Gasteiger partial charge in [0.2, 0.25) is 0 Å². The van der Waals surface area contributed by atoms with E-state index >= 15 is 0 Å². The van der Waals surface area contributed by atoms with E-state index in [0.717, 1.165) is 77.6 Å². The van der Waals surface area contributed by atoms with Gasteiger partial charge in [-0.2, -0.15) is 0 Å². The molecule has 59 heavy (non-hydrogen) atoms. The minimum atomic E-state index is 0.704. The van der Waals surface area contributed by atoms with Crippen molar-refractivity contribution in [3.63, 3.8) is 0 Å². The average Bonchev–Trinajstić information content (AvgIpc) is 3.96. The molecule has 0 fully saturated rings. The van der Waals surface area contributed by atoms with E-state index in [1.165, 1.54) is 37.8 Å². The Hall–Kier alpha value is -8.02. The molecule has 0 N–H and O–H groups in total. The number of benzene rings is 9. The van der Waals surface area contributed by atoms with Gasteiger partial charge < -0.3 is 13.6 Å². The smallest absolute Gasteiger partial charge is 0.160 e. The van der Waals surface area contributed by atoms with Crippen LogP contribution in [0.5, 0.6) is 0 Å². The van der Waals surface area contributed by atoms with E-state index in [1.807, 2.05) is 24.3 Å². The first-order valence-electron chi connectivity index (χ1n) is 20.0. The second-order valence-electron chi connectivity index (χ2n) is 15.3. The molecule has 5 nitrogen and oxygen atoms in total. The highest BCUT2D eigenvalue weighted by Crippen LogP contribution is 2.46. The van der Waals surface area contributed by atoms with Gasteiger partial charge in [-0.1, -0.05) is 127 Å². The summed E-state index contributed by atoms with van der Waals surface area (Å²) in [4.78, 5) is 10.2. The quantitative estimate of drug-likeness (QED) is 0.180. The maximum Gasteiger partial charge on any atom is 0.160 e. The second-order valence-corrected chi connectivity index (χ2v) is 15.3. The zero-order valence-electron chi connectivity index (χ0n) is 31.7. The Bertz CT molecular complexity index is 3830. The third-order valence-electron chi connectivity index (χ3n) is 12.1. The molecule has 274 valence electrons. The number of para-hydroxylation sites is 3. The number of hydrogen-bond acceptors (Lipinski definition) is 3. The fraction of sp³-hybridized carbons (Fsp3) is 0. The van der Waals surface area contributed by atoms with E-state index in [9.17, 15) is 0 Å². The summed E-state index contributed by atoms with van der Waals surface area (Å²) in [5, 5.41) is 10.5. The summed E-state index contributed by atoms with van der Waals surface area (Å²) in [5.74, 6) is 0.704. The zero-order valence-corrected chi connectivity index (χ0v) is 31.7. The van der Waals surface area contributed by atoms with E-state index in [4.69, 9.17) is 14.4 Å². The monoisotopic (exact) mass is 752 g/mol. The topological polar surface area (TPSA) is 48.8 Å². The number of aromatic nitrogens is 4. The van der Waals surface area contributed by atoms with Crippen LogP contribution in [0.4, 0.5) is 0 Å². The Kier molecular flexibility index (Phi) is 6.66. The van der Waals surface area contributed by atoms with Crippen molar-refractivity contribution in [1.29, 1.82) is 0 Å². The molecular formula is C54H32N4O. The van der Waals surface area contributed by atoms with E-state index in [2.05, 4.69) is 179 Å². The van der Waals surface area contributed by atoms with Gasteiger partial charge in [-0.25, -0.2) is 9.97 Å². The molecule has 0 atom stereocenters. The van der Waals surface area contributed by atoms with Crippen LogP contribution in [0.15, 0.2) is 199 Å². The predicted octanol–water partition coefficient (Wildman–Crippen LogP) is 14.2. The minimum absolute atomic E-state index is 0.704. The van der Waals surface area contributed by atoms with Gasteiger partial charge in [-0.3, -0.25) is 0 Å². The summed E-state index contributed by atoms with van der Waals surface area (Å²) in [5.41, 5.74) is 12.5. The lowest BCUT2D eigenvalue weighted by atomic mass is 10.0. The lowest BCUT2D eigenvalue weighted by Crippen LogP contribution is -1.97. The van der Waals surface area contributed by atoms with Crippen LogP contribution >= 0.6 is 0 Å². The van der Waals surface area contributed by atoms with Crippen LogP contribution in [0, 0.1) is 0 Å². The fourth-order valence-electron chi connectivity index (χ4n) is 9.57. The fourth-order valence-corrected chi connectivity index (χ4v) is 9.57. The molecule has 13 aromatic rings. The molecule has 0 radical (unpaired) electrons. The van der Waals surface area contributed by atoms with Crippen molar-refractivity contribution in [3.8, 4) is 34.0 Å². The van der Waals surface area contributed by atoms with Crippen molar-refractivity contribution in [2.45, 2.75) is 0 Å². The van der Waals surface area contributed by atoms with Crippen molar-refractivity contribution in [1.82, 2.24) is 19.1 Å². The molecule has 0 bridgehead atoms. The SMILES string of the molecule is c1ccc(-c2nc(-c3ccc(-n4c5ccccc5c5c4ccc4c6c7c(ccc6n(-c6cccc8ccccc68)c45)oc4ccccc47)cc3)nc3ccccc23)cc1. The van der Waals surface area contributed by atoms with Gasteiger partial charge in [0.15, 0.2) is 5.82 Å². The maximum absolute atomic E-state index is 6.48. The number of rotatable bonds is 4. The van der Waals surface area contributed by atoms with E-state index < -0.39 is 0 Å². The van der Waals surface area contributed by atoms with Gasteiger partial charge in [0, 0.05) is 59.9 Å². The molecule has 0 spiro atoms. The van der Waals surface area contributed by atoms with Crippen LogP contribution in [0.25, 0.3) is 121 Å². The summed E-state index contributed by atoms with van der Waals surface area (Å²) < 4.78 is 11.4. The van der Waals surface area contributed by atoms with Crippen LogP contribution in [0.3, 0.4) is 0 Å². The molecule has 0 aliphatic carbocycles. The first kappa shape index (κ1) is 32.1. The Morgan fingerprint density at radius 2 is 1.07 bits per heavy atom. The molecule has 0 unspecified atom stereocenters. The van der Waals surface area contributed by atoms with E-state index in [0.29, 0.717) is 5.82 Å². The van der Waals surface area contributed by atoms with Gasteiger partial charge in [0.05, 0.1) is 39.0 Å². The Morgan fingerprint density at radius 3 is 1.95 bits per heavy atom. The highest BCUT2D eigenvalue weighted by molar-refractivity contribution is 6.33. The first-order chi connectivity index (χ1) is 29.3. The van der Waals surface area contributed by atoms with Gasteiger partial charge >= 0.3 is 0 Å². The Morgan fingerprint density at radius 1 is 0.373 bits per heavy atom. The van der Waals surface area contributed by atoms with Crippen LogP contribution in [-0.2, 0) is 0 Å². The number of hydrogen-bond donors (Lipinski definition) is 0. The maximum atomic E-state index is 6.48. The van der Waals surface area contributed by atoms with Crippen molar-refractivity contribution in [2.75, 3.05) is 0 Å². The summed E-state index contributed by atoms with van der Waals surface area (Å²) in [6, 6.07) is 68.9. The molecule has 13 rings (SSSR count). The van der Waals surface area contributed by atoms with Crippen molar-refractivity contribution >= 4 is 87.2 Å². The molecule has 4 aromatic heterocycles.